The highest BCUT2D eigenvalue weighted by Crippen LogP contribution is 2.44. The standard InChI is InChI=1S/C28H38O4/c1-5-15-25(32-27(30)23-18-13-10-14-19-23)28(20-6-2,21-7-3)24(8-4)31-26(29)22-16-11-9-12-17-22/h9-14,16-19,24-25H,5-8,15,20-21H2,1-4H3. The van der Waals surface area contributed by atoms with Crippen molar-refractivity contribution >= 4 is 11.9 Å². The van der Waals surface area contributed by atoms with Gasteiger partial charge in [-0.15, -0.1) is 0 Å². The molecular formula is C28H38O4. The Kier molecular flexibility index (Phi) is 10.5. The highest BCUT2D eigenvalue weighted by atomic mass is 16.6. The van der Waals surface area contributed by atoms with E-state index in [0.717, 1.165) is 38.5 Å². The molecule has 4 nitrogen and oxygen atoms in total. The van der Waals surface area contributed by atoms with Crippen molar-refractivity contribution in [3.8, 4) is 0 Å². The fourth-order valence-electron chi connectivity index (χ4n) is 4.78. The Morgan fingerprint density at radius 1 is 0.688 bits per heavy atom. The zero-order valence-electron chi connectivity index (χ0n) is 20.0. The van der Waals surface area contributed by atoms with Gasteiger partial charge in [0, 0.05) is 5.41 Å². The van der Waals surface area contributed by atoms with Gasteiger partial charge in [-0.2, -0.15) is 0 Å². The molecule has 0 aliphatic rings. The monoisotopic (exact) mass is 438 g/mol. The first-order valence-electron chi connectivity index (χ1n) is 12.0. The van der Waals surface area contributed by atoms with E-state index in [-0.39, 0.29) is 24.1 Å². The van der Waals surface area contributed by atoms with Gasteiger partial charge in [0.15, 0.2) is 0 Å². The topological polar surface area (TPSA) is 52.6 Å². The third kappa shape index (κ3) is 6.44. The van der Waals surface area contributed by atoms with Crippen LogP contribution in [0.15, 0.2) is 60.7 Å². The van der Waals surface area contributed by atoms with E-state index in [9.17, 15) is 9.59 Å². The van der Waals surface area contributed by atoms with Crippen molar-refractivity contribution < 1.29 is 19.1 Å². The summed E-state index contributed by atoms with van der Waals surface area (Å²) in [5, 5.41) is 0. The molecule has 0 fully saturated rings. The molecule has 0 aliphatic carbocycles. The number of esters is 2. The summed E-state index contributed by atoms with van der Waals surface area (Å²) in [5.74, 6) is -0.636. The van der Waals surface area contributed by atoms with E-state index < -0.39 is 5.41 Å². The molecule has 32 heavy (non-hydrogen) atoms. The third-order valence-corrected chi connectivity index (χ3v) is 6.15. The van der Waals surface area contributed by atoms with Crippen LogP contribution < -0.4 is 0 Å². The Morgan fingerprint density at radius 2 is 1.12 bits per heavy atom. The number of hydrogen-bond donors (Lipinski definition) is 0. The summed E-state index contributed by atoms with van der Waals surface area (Å²) in [6, 6.07) is 18.2. The second-order valence-corrected chi connectivity index (χ2v) is 8.45. The van der Waals surface area contributed by atoms with Crippen LogP contribution in [0.4, 0.5) is 0 Å². The number of rotatable bonds is 13. The van der Waals surface area contributed by atoms with Gasteiger partial charge in [-0.3, -0.25) is 0 Å². The number of carbonyl (C=O) groups excluding carboxylic acids is 2. The lowest BCUT2D eigenvalue weighted by Gasteiger charge is -2.45. The summed E-state index contributed by atoms with van der Waals surface area (Å²) >= 11 is 0. The second kappa shape index (κ2) is 13.0. The van der Waals surface area contributed by atoms with Crippen molar-refractivity contribution in [3.63, 3.8) is 0 Å². The van der Waals surface area contributed by atoms with Gasteiger partial charge in [-0.1, -0.05) is 83.4 Å². The van der Waals surface area contributed by atoms with E-state index in [0.29, 0.717) is 17.5 Å². The lowest BCUT2D eigenvalue weighted by atomic mass is 9.68. The lowest BCUT2D eigenvalue weighted by Crippen LogP contribution is -2.49. The molecule has 0 heterocycles. The summed E-state index contributed by atoms with van der Waals surface area (Å²) in [6.45, 7) is 8.42. The van der Waals surface area contributed by atoms with Crippen molar-refractivity contribution in [1.29, 1.82) is 0 Å². The zero-order chi connectivity index (χ0) is 23.4. The molecule has 0 saturated heterocycles. The number of ether oxygens (including phenoxy) is 2. The van der Waals surface area contributed by atoms with Gasteiger partial charge in [0.25, 0.3) is 0 Å². The first-order valence-corrected chi connectivity index (χ1v) is 12.0. The van der Waals surface area contributed by atoms with Crippen molar-refractivity contribution in [2.75, 3.05) is 0 Å². The predicted molar refractivity (Wildman–Crippen MR) is 129 cm³/mol. The Hall–Kier alpha value is -2.62. The lowest BCUT2D eigenvalue weighted by molar-refractivity contribution is -0.102. The van der Waals surface area contributed by atoms with Gasteiger partial charge in [-0.25, -0.2) is 9.59 Å². The minimum Gasteiger partial charge on any atom is -0.458 e. The predicted octanol–water partition coefficient (Wildman–Crippen LogP) is 7.23. The molecule has 2 atom stereocenters. The summed E-state index contributed by atoms with van der Waals surface area (Å²) in [6.07, 6.45) is 5.11. The summed E-state index contributed by atoms with van der Waals surface area (Å²) < 4.78 is 12.3. The molecule has 0 radical (unpaired) electrons. The van der Waals surface area contributed by atoms with Gasteiger partial charge in [0.05, 0.1) is 11.1 Å². The molecule has 4 heteroatoms. The first-order chi connectivity index (χ1) is 15.5. The average molecular weight is 439 g/mol. The largest absolute Gasteiger partial charge is 0.458 e. The molecule has 2 aromatic rings. The maximum atomic E-state index is 13.0. The van der Waals surface area contributed by atoms with Crippen LogP contribution in [0.2, 0.25) is 0 Å². The van der Waals surface area contributed by atoms with Crippen molar-refractivity contribution in [1.82, 2.24) is 0 Å². The molecule has 2 aromatic carbocycles. The van der Waals surface area contributed by atoms with Crippen LogP contribution in [0.25, 0.3) is 0 Å². The molecule has 0 bridgehead atoms. The molecule has 174 valence electrons. The van der Waals surface area contributed by atoms with Crippen LogP contribution in [-0.2, 0) is 9.47 Å². The molecule has 0 amide bonds. The number of benzene rings is 2. The Labute approximate surface area is 193 Å². The molecule has 2 unspecified atom stereocenters. The SMILES string of the molecule is CCCC(OC(=O)c1ccccc1)C(CCC)(CCC)C(CC)OC(=O)c1ccccc1. The van der Waals surface area contributed by atoms with Gasteiger partial charge >= 0.3 is 11.9 Å². The molecule has 0 aliphatic heterocycles. The molecular weight excluding hydrogens is 400 g/mol. The summed E-state index contributed by atoms with van der Waals surface area (Å²) in [4.78, 5) is 26.0. The van der Waals surface area contributed by atoms with E-state index in [4.69, 9.17) is 9.47 Å². The smallest absolute Gasteiger partial charge is 0.338 e. The second-order valence-electron chi connectivity index (χ2n) is 8.45. The van der Waals surface area contributed by atoms with Crippen LogP contribution >= 0.6 is 0 Å². The fourth-order valence-corrected chi connectivity index (χ4v) is 4.78. The fraction of sp³-hybridized carbons (Fsp3) is 0.500. The van der Waals surface area contributed by atoms with Crippen molar-refractivity contribution in [2.45, 2.75) is 84.8 Å². The molecule has 0 N–H and O–H groups in total. The van der Waals surface area contributed by atoms with E-state index in [1.807, 2.05) is 43.3 Å². The maximum absolute atomic E-state index is 13.0. The van der Waals surface area contributed by atoms with Crippen LogP contribution in [0.5, 0.6) is 0 Å². The zero-order valence-corrected chi connectivity index (χ0v) is 20.0. The van der Waals surface area contributed by atoms with Crippen molar-refractivity contribution in [3.05, 3.63) is 71.8 Å². The van der Waals surface area contributed by atoms with Gasteiger partial charge < -0.3 is 9.47 Å². The highest BCUT2D eigenvalue weighted by Gasteiger charge is 2.47. The van der Waals surface area contributed by atoms with Crippen LogP contribution in [0.1, 0.15) is 93.4 Å². The van der Waals surface area contributed by atoms with E-state index in [1.54, 1.807) is 24.3 Å². The molecule has 0 spiro atoms. The number of carbonyl (C=O) groups is 2. The Bertz CT molecular complexity index is 810. The first kappa shape index (κ1) is 25.6. The number of hydrogen-bond acceptors (Lipinski definition) is 4. The minimum atomic E-state index is -0.427. The normalized spacial score (nSPS) is 13.2. The molecule has 2 rings (SSSR count). The molecule has 0 aromatic heterocycles. The van der Waals surface area contributed by atoms with Gasteiger partial charge in [0.2, 0.25) is 0 Å². The highest BCUT2D eigenvalue weighted by molar-refractivity contribution is 5.90. The van der Waals surface area contributed by atoms with E-state index >= 15 is 0 Å². The Balaban J connectivity index is 2.40. The quantitative estimate of drug-likeness (QED) is 0.309. The van der Waals surface area contributed by atoms with Gasteiger partial charge in [-0.05, 0) is 49.9 Å². The van der Waals surface area contributed by atoms with Crippen molar-refractivity contribution in [2.24, 2.45) is 5.41 Å². The third-order valence-electron chi connectivity index (χ3n) is 6.15. The maximum Gasteiger partial charge on any atom is 0.338 e. The summed E-state index contributed by atoms with van der Waals surface area (Å²) in [5.41, 5.74) is 0.661. The Morgan fingerprint density at radius 3 is 1.50 bits per heavy atom. The van der Waals surface area contributed by atoms with Gasteiger partial charge in [0.1, 0.15) is 12.2 Å². The molecule has 0 saturated carbocycles. The minimum absolute atomic E-state index is 0.315. The van der Waals surface area contributed by atoms with Crippen LogP contribution in [0.3, 0.4) is 0 Å². The van der Waals surface area contributed by atoms with Crippen LogP contribution in [-0.4, -0.2) is 24.1 Å². The summed E-state index contributed by atoms with van der Waals surface area (Å²) in [7, 11) is 0. The average Bonchev–Trinajstić information content (AvgIpc) is 2.83. The van der Waals surface area contributed by atoms with Crippen LogP contribution in [0, 0.1) is 5.41 Å². The van der Waals surface area contributed by atoms with E-state index in [1.165, 1.54) is 0 Å². The van der Waals surface area contributed by atoms with E-state index in [2.05, 4.69) is 20.8 Å².